The maximum absolute atomic E-state index is 13.4. The summed E-state index contributed by atoms with van der Waals surface area (Å²) in [5.74, 6) is 0.365. The van der Waals surface area contributed by atoms with E-state index < -0.39 is 0 Å². The third kappa shape index (κ3) is 4.15. The maximum atomic E-state index is 13.4. The minimum absolute atomic E-state index is 0.0993. The van der Waals surface area contributed by atoms with Gasteiger partial charge in [-0.2, -0.15) is 0 Å². The number of aromatic amines is 1. The topological polar surface area (TPSA) is 66.1 Å². The van der Waals surface area contributed by atoms with E-state index in [1.54, 1.807) is 17.0 Å². The van der Waals surface area contributed by atoms with Gasteiger partial charge >= 0.3 is 0 Å². The molecule has 1 heterocycles. The van der Waals surface area contributed by atoms with Gasteiger partial charge in [0.25, 0.3) is 11.5 Å². The van der Waals surface area contributed by atoms with Crippen molar-refractivity contribution in [1.29, 1.82) is 0 Å². The van der Waals surface area contributed by atoms with Gasteiger partial charge in [-0.05, 0) is 54.8 Å². The van der Waals surface area contributed by atoms with E-state index in [4.69, 9.17) is 0 Å². The van der Waals surface area contributed by atoms with Crippen LogP contribution in [0.3, 0.4) is 0 Å². The number of benzene rings is 3. The van der Waals surface area contributed by atoms with Crippen LogP contribution < -0.4 is 5.56 Å². The Kier molecular flexibility index (Phi) is 5.44. The zero-order chi connectivity index (χ0) is 21.1. The number of nitrogens with one attached hydrogen (secondary N) is 1. The fourth-order valence-electron chi connectivity index (χ4n) is 3.45. The number of fused-ring (bicyclic) bond motifs is 1. The first-order valence-electron chi connectivity index (χ1n) is 9.89. The van der Waals surface area contributed by atoms with Crippen LogP contribution in [0, 0.1) is 13.8 Å². The molecular formula is C25H23N3O2. The lowest BCUT2D eigenvalue weighted by Crippen LogP contribution is -2.31. The molecule has 0 bridgehead atoms. The Morgan fingerprint density at radius 1 is 0.900 bits per heavy atom. The fourth-order valence-corrected chi connectivity index (χ4v) is 3.45. The average Bonchev–Trinajstić information content (AvgIpc) is 2.75. The number of hydrogen-bond donors (Lipinski definition) is 1. The van der Waals surface area contributed by atoms with E-state index in [1.165, 1.54) is 0 Å². The summed E-state index contributed by atoms with van der Waals surface area (Å²) in [6, 6.07) is 22.7. The normalized spacial score (nSPS) is 10.9. The standard InChI is InChI=1S/C25H23N3O2/c1-17-12-13-20(14-18(17)2)25(30)28(15-19-8-4-3-5-9-19)16-23-26-22-11-7-6-10-21(22)24(29)27-23/h3-14H,15-16H2,1-2H3,(H,26,27,29). The lowest BCUT2D eigenvalue weighted by molar-refractivity contribution is 0.0725. The number of aryl methyl sites for hydroxylation is 2. The maximum Gasteiger partial charge on any atom is 0.258 e. The first-order chi connectivity index (χ1) is 14.5. The molecule has 3 aromatic carbocycles. The van der Waals surface area contributed by atoms with Gasteiger partial charge < -0.3 is 9.88 Å². The number of aromatic nitrogens is 2. The number of nitrogens with zero attached hydrogens (tertiary/aromatic N) is 2. The summed E-state index contributed by atoms with van der Waals surface area (Å²) >= 11 is 0. The highest BCUT2D eigenvalue weighted by atomic mass is 16.2. The van der Waals surface area contributed by atoms with Crippen LogP contribution in [-0.2, 0) is 13.1 Å². The summed E-state index contributed by atoms with van der Waals surface area (Å²) in [5.41, 5.74) is 4.26. The molecule has 5 heteroatoms. The summed E-state index contributed by atoms with van der Waals surface area (Å²) < 4.78 is 0. The monoisotopic (exact) mass is 397 g/mol. The van der Waals surface area contributed by atoms with Gasteiger partial charge in [0, 0.05) is 12.1 Å². The first-order valence-corrected chi connectivity index (χ1v) is 9.89. The molecular weight excluding hydrogens is 374 g/mol. The van der Waals surface area contributed by atoms with E-state index in [1.807, 2.05) is 74.5 Å². The average molecular weight is 397 g/mol. The zero-order valence-electron chi connectivity index (χ0n) is 17.1. The highest BCUT2D eigenvalue weighted by Gasteiger charge is 2.19. The Hall–Kier alpha value is -3.73. The molecule has 1 amide bonds. The van der Waals surface area contributed by atoms with Crippen molar-refractivity contribution in [3.63, 3.8) is 0 Å². The molecule has 30 heavy (non-hydrogen) atoms. The molecule has 0 saturated carbocycles. The van der Waals surface area contributed by atoms with Crippen LogP contribution in [-0.4, -0.2) is 20.8 Å². The molecule has 150 valence electrons. The molecule has 0 aliphatic carbocycles. The zero-order valence-corrected chi connectivity index (χ0v) is 17.1. The lowest BCUT2D eigenvalue weighted by Gasteiger charge is -2.23. The first kappa shape index (κ1) is 19.6. The van der Waals surface area contributed by atoms with Crippen LogP contribution in [0.2, 0.25) is 0 Å². The molecule has 1 aromatic heterocycles. The van der Waals surface area contributed by atoms with E-state index in [0.717, 1.165) is 16.7 Å². The van der Waals surface area contributed by atoms with Crippen molar-refractivity contribution in [2.24, 2.45) is 0 Å². The summed E-state index contributed by atoms with van der Waals surface area (Å²) in [6.07, 6.45) is 0. The Balaban J connectivity index is 1.70. The van der Waals surface area contributed by atoms with Crippen LogP contribution in [0.1, 0.15) is 32.9 Å². The van der Waals surface area contributed by atoms with Gasteiger partial charge in [0.15, 0.2) is 0 Å². The smallest absolute Gasteiger partial charge is 0.258 e. The molecule has 0 fully saturated rings. The Morgan fingerprint density at radius 2 is 1.63 bits per heavy atom. The molecule has 0 aliphatic heterocycles. The number of carbonyl (C=O) groups excluding carboxylic acids is 1. The van der Waals surface area contributed by atoms with Crippen LogP contribution in [0.25, 0.3) is 10.9 Å². The fraction of sp³-hybridized carbons (Fsp3) is 0.160. The molecule has 0 spiro atoms. The van der Waals surface area contributed by atoms with Crippen molar-refractivity contribution in [3.05, 3.63) is 111 Å². The van der Waals surface area contributed by atoms with Crippen molar-refractivity contribution in [1.82, 2.24) is 14.9 Å². The number of hydrogen-bond acceptors (Lipinski definition) is 3. The van der Waals surface area contributed by atoms with Crippen LogP contribution in [0.4, 0.5) is 0 Å². The molecule has 5 nitrogen and oxygen atoms in total. The van der Waals surface area contributed by atoms with Gasteiger partial charge in [-0.15, -0.1) is 0 Å². The third-order valence-corrected chi connectivity index (χ3v) is 5.26. The van der Waals surface area contributed by atoms with Crippen LogP contribution in [0.5, 0.6) is 0 Å². The van der Waals surface area contributed by atoms with Gasteiger partial charge in [0.2, 0.25) is 0 Å². The van der Waals surface area contributed by atoms with Crippen molar-refractivity contribution in [2.45, 2.75) is 26.9 Å². The SMILES string of the molecule is Cc1ccc(C(=O)N(Cc2ccccc2)Cc2nc3ccccc3c(=O)[nH]2)cc1C. The van der Waals surface area contributed by atoms with E-state index in [2.05, 4.69) is 9.97 Å². The second-order valence-electron chi connectivity index (χ2n) is 7.48. The molecule has 0 saturated heterocycles. The van der Waals surface area contributed by atoms with Crippen LogP contribution in [0.15, 0.2) is 77.6 Å². The van der Waals surface area contributed by atoms with Gasteiger partial charge in [-0.1, -0.05) is 48.5 Å². The summed E-state index contributed by atoms with van der Waals surface area (Å²) in [7, 11) is 0. The molecule has 4 aromatic rings. The molecule has 0 radical (unpaired) electrons. The summed E-state index contributed by atoms with van der Waals surface area (Å²) in [5, 5.41) is 0.538. The summed E-state index contributed by atoms with van der Waals surface area (Å²) in [6.45, 7) is 4.65. The predicted molar refractivity (Wildman–Crippen MR) is 118 cm³/mol. The van der Waals surface area contributed by atoms with Crippen LogP contribution >= 0.6 is 0 Å². The van der Waals surface area contributed by atoms with E-state index in [-0.39, 0.29) is 18.0 Å². The van der Waals surface area contributed by atoms with Crippen molar-refractivity contribution in [2.75, 3.05) is 0 Å². The predicted octanol–water partition coefficient (Wildman–Crippen LogP) is 4.38. The second-order valence-corrected chi connectivity index (χ2v) is 7.48. The number of H-pyrrole nitrogens is 1. The number of rotatable bonds is 5. The third-order valence-electron chi connectivity index (χ3n) is 5.26. The molecule has 0 atom stereocenters. The summed E-state index contributed by atoms with van der Waals surface area (Å²) in [4.78, 5) is 35.0. The van der Waals surface area contributed by atoms with E-state index in [9.17, 15) is 9.59 Å². The number of carbonyl (C=O) groups is 1. The second kappa shape index (κ2) is 8.33. The molecule has 4 rings (SSSR count). The van der Waals surface area contributed by atoms with Gasteiger partial charge in [0.1, 0.15) is 5.82 Å². The molecule has 0 aliphatic rings. The Labute approximate surface area is 175 Å². The quantitative estimate of drug-likeness (QED) is 0.543. The number of para-hydroxylation sites is 1. The molecule has 0 unspecified atom stereocenters. The van der Waals surface area contributed by atoms with E-state index >= 15 is 0 Å². The van der Waals surface area contributed by atoms with E-state index in [0.29, 0.717) is 28.8 Å². The Bertz CT molecular complexity index is 1260. The minimum Gasteiger partial charge on any atom is -0.327 e. The van der Waals surface area contributed by atoms with Gasteiger partial charge in [0.05, 0.1) is 17.4 Å². The lowest BCUT2D eigenvalue weighted by atomic mass is 10.1. The van der Waals surface area contributed by atoms with Crippen molar-refractivity contribution in [3.8, 4) is 0 Å². The van der Waals surface area contributed by atoms with Crippen molar-refractivity contribution >= 4 is 16.8 Å². The van der Waals surface area contributed by atoms with Crippen molar-refractivity contribution < 1.29 is 4.79 Å². The Morgan fingerprint density at radius 3 is 2.40 bits per heavy atom. The highest BCUT2D eigenvalue weighted by Crippen LogP contribution is 2.16. The largest absolute Gasteiger partial charge is 0.327 e. The van der Waals surface area contributed by atoms with Gasteiger partial charge in [-0.3, -0.25) is 9.59 Å². The minimum atomic E-state index is -0.200. The highest BCUT2D eigenvalue weighted by molar-refractivity contribution is 5.94. The molecule has 1 N–H and O–H groups in total. The van der Waals surface area contributed by atoms with Gasteiger partial charge in [-0.25, -0.2) is 4.98 Å². The number of amides is 1.